The molecule has 0 aliphatic carbocycles. The average molecular weight is 286 g/mol. The zero-order chi connectivity index (χ0) is 15.5. The molecule has 1 heterocycles. The fourth-order valence-corrected chi connectivity index (χ4v) is 1.82. The van der Waals surface area contributed by atoms with Crippen LogP contribution in [0.3, 0.4) is 0 Å². The second-order valence-electron chi connectivity index (χ2n) is 5.70. The number of hydrogen-bond acceptors (Lipinski definition) is 4. The molecule has 2 aromatic rings. The number of carbonyl (C=O) groups is 1. The van der Waals surface area contributed by atoms with Crippen molar-refractivity contribution in [3.05, 3.63) is 64.3 Å². The third kappa shape index (κ3) is 3.78. The molecule has 110 valence electrons. The first-order chi connectivity index (χ1) is 9.88. The van der Waals surface area contributed by atoms with Crippen molar-refractivity contribution in [2.45, 2.75) is 32.9 Å². The fourth-order valence-electron chi connectivity index (χ4n) is 1.82. The van der Waals surface area contributed by atoms with Crippen LogP contribution in [0.5, 0.6) is 0 Å². The molecular weight excluding hydrogens is 268 g/mol. The molecule has 0 spiro atoms. The van der Waals surface area contributed by atoms with Gasteiger partial charge < -0.3 is 4.74 Å². The monoisotopic (exact) mass is 286 g/mol. The molecule has 21 heavy (non-hydrogen) atoms. The third-order valence-corrected chi connectivity index (χ3v) is 2.95. The minimum atomic E-state index is -0.600. The smallest absolute Gasteiger partial charge is 0.357 e. The number of aromatic nitrogens is 2. The molecule has 5 heteroatoms. The first-order valence-corrected chi connectivity index (χ1v) is 6.69. The Morgan fingerprint density at radius 3 is 2.43 bits per heavy atom. The Kier molecular flexibility index (Phi) is 4.21. The highest BCUT2D eigenvalue weighted by Gasteiger charge is 2.17. The lowest BCUT2D eigenvalue weighted by Gasteiger charge is -2.21. The number of carbonyl (C=O) groups excluding carboxylic acids is 1. The summed E-state index contributed by atoms with van der Waals surface area (Å²) in [5.41, 5.74) is 0.0679. The van der Waals surface area contributed by atoms with E-state index in [1.165, 1.54) is 10.6 Å². The molecule has 1 aromatic heterocycles. The van der Waals surface area contributed by atoms with Crippen molar-refractivity contribution in [2.24, 2.45) is 0 Å². The number of benzene rings is 1. The zero-order valence-corrected chi connectivity index (χ0v) is 12.4. The van der Waals surface area contributed by atoms with Crippen LogP contribution in [0.4, 0.5) is 0 Å². The molecule has 0 atom stereocenters. The summed E-state index contributed by atoms with van der Waals surface area (Å²) in [6, 6.07) is 10.8. The van der Waals surface area contributed by atoms with Gasteiger partial charge in [0.15, 0.2) is 5.69 Å². The number of ether oxygens (including phenoxy) is 1. The minimum absolute atomic E-state index is 0.0245. The van der Waals surface area contributed by atoms with Gasteiger partial charge in [-0.05, 0) is 32.4 Å². The molecule has 0 radical (unpaired) electrons. The number of esters is 1. The second-order valence-corrected chi connectivity index (χ2v) is 5.70. The van der Waals surface area contributed by atoms with Crippen LogP contribution in [0.1, 0.15) is 36.8 Å². The maximum atomic E-state index is 11.9. The summed E-state index contributed by atoms with van der Waals surface area (Å²) >= 11 is 0. The van der Waals surface area contributed by atoms with Gasteiger partial charge in [-0.15, -0.1) is 0 Å². The van der Waals surface area contributed by atoms with Gasteiger partial charge in [0.2, 0.25) is 0 Å². The summed E-state index contributed by atoms with van der Waals surface area (Å²) in [7, 11) is 0. The first kappa shape index (κ1) is 15.0. The maximum Gasteiger partial charge on any atom is 0.357 e. The van der Waals surface area contributed by atoms with Gasteiger partial charge in [0.1, 0.15) is 6.61 Å². The molecule has 0 unspecified atom stereocenters. The van der Waals surface area contributed by atoms with E-state index in [9.17, 15) is 9.59 Å². The van der Waals surface area contributed by atoms with E-state index >= 15 is 0 Å². The van der Waals surface area contributed by atoms with E-state index in [4.69, 9.17) is 4.74 Å². The zero-order valence-electron chi connectivity index (χ0n) is 12.4. The van der Waals surface area contributed by atoms with Crippen LogP contribution >= 0.6 is 0 Å². The van der Waals surface area contributed by atoms with Crippen molar-refractivity contribution in [1.29, 1.82) is 0 Å². The van der Waals surface area contributed by atoms with Crippen LogP contribution in [-0.4, -0.2) is 15.5 Å². The van der Waals surface area contributed by atoms with E-state index < -0.39 is 11.7 Å². The van der Waals surface area contributed by atoms with Crippen molar-refractivity contribution in [3.63, 3.8) is 0 Å². The molecule has 0 fully saturated rings. The molecule has 0 N–H and O–H groups in total. The Balaban J connectivity index is 2.10. The molecule has 0 saturated carbocycles. The normalized spacial score (nSPS) is 11.2. The van der Waals surface area contributed by atoms with Crippen LogP contribution in [0.15, 0.2) is 47.4 Å². The van der Waals surface area contributed by atoms with E-state index in [0.29, 0.717) is 0 Å². The topological polar surface area (TPSA) is 61.2 Å². The molecule has 0 aliphatic heterocycles. The summed E-state index contributed by atoms with van der Waals surface area (Å²) in [5.74, 6) is -0.600. The standard InChI is InChI=1S/C16H18N2O3/c1-16(2,3)18-10-9-13(17-15(18)20)14(19)21-11-12-7-5-4-6-8-12/h4-10H,11H2,1-3H3. The third-order valence-electron chi connectivity index (χ3n) is 2.95. The summed E-state index contributed by atoms with van der Waals surface area (Å²) in [4.78, 5) is 27.6. The summed E-state index contributed by atoms with van der Waals surface area (Å²) < 4.78 is 6.62. The van der Waals surface area contributed by atoms with Gasteiger partial charge in [0.25, 0.3) is 0 Å². The lowest BCUT2D eigenvalue weighted by molar-refractivity contribution is 0.0464. The van der Waals surface area contributed by atoms with Gasteiger partial charge in [-0.3, -0.25) is 4.57 Å². The Morgan fingerprint density at radius 2 is 1.86 bits per heavy atom. The van der Waals surface area contributed by atoms with Gasteiger partial charge >= 0.3 is 11.7 Å². The first-order valence-electron chi connectivity index (χ1n) is 6.69. The van der Waals surface area contributed by atoms with Crippen LogP contribution in [-0.2, 0) is 16.9 Å². The van der Waals surface area contributed by atoms with Crippen molar-refractivity contribution in [2.75, 3.05) is 0 Å². The molecule has 5 nitrogen and oxygen atoms in total. The molecule has 0 aliphatic rings. The SMILES string of the molecule is CC(C)(C)n1ccc(C(=O)OCc2ccccc2)nc1=O. The second kappa shape index (κ2) is 5.91. The maximum absolute atomic E-state index is 11.9. The van der Waals surface area contributed by atoms with E-state index in [1.54, 1.807) is 6.20 Å². The van der Waals surface area contributed by atoms with E-state index in [-0.39, 0.29) is 17.8 Å². The Morgan fingerprint density at radius 1 is 1.19 bits per heavy atom. The van der Waals surface area contributed by atoms with Gasteiger partial charge in [0, 0.05) is 11.7 Å². The molecular formula is C16H18N2O3. The highest BCUT2D eigenvalue weighted by molar-refractivity contribution is 5.86. The highest BCUT2D eigenvalue weighted by atomic mass is 16.5. The van der Waals surface area contributed by atoms with Crippen molar-refractivity contribution in [1.82, 2.24) is 9.55 Å². The number of rotatable bonds is 3. The van der Waals surface area contributed by atoms with Crippen molar-refractivity contribution >= 4 is 5.97 Å². The number of hydrogen-bond donors (Lipinski definition) is 0. The largest absolute Gasteiger partial charge is 0.456 e. The quantitative estimate of drug-likeness (QED) is 0.813. The van der Waals surface area contributed by atoms with Gasteiger partial charge in [0.05, 0.1) is 0 Å². The van der Waals surface area contributed by atoms with E-state index in [2.05, 4.69) is 4.98 Å². The minimum Gasteiger partial charge on any atom is -0.456 e. The van der Waals surface area contributed by atoms with Gasteiger partial charge in [-0.2, -0.15) is 4.98 Å². The predicted octanol–water partition coefficient (Wildman–Crippen LogP) is 2.36. The predicted molar refractivity (Wildman–Crippen MR) is 79.1 cm³/mol. The molecule has 2 rings (SSSR count). The molecule has 1 aromatic carbocycles. The molecule has 0 amide bonds. The van der Waals surface area contributed by atoms with Crippen molar-refractivity contribution in [3.8, 4) is 0 Å². The Hall–Kier alpha value is -2.43. The van der Waals surface area contributed by atoms with Crippen LogP contribution in [0.25, 0.3) is 0 Å². The highest BCUT2D eigenvalue weighted by Crippen LogP contribution is 2.10. The molecule has 0 bridgehead atoms. The Bertz CT molecular complexity index is 685. The van der Waals surface area contributed by atoms with Crippen LogP contribution in [0.2, 0.25) is 0 Å². The lowest BCUT2D eigenvalue weighted by atomic mass is 10.1. The van der Waals surface area contributed by atoms with Crippen molar-refractivity contribution < 1.29 is 9.53 Å². The fraction of sp³-hybridized carbons (Fsp3) is 0.312. The number of nitrogens with zero attached hydrogens (tertiary/aromatic N) is 2. The van der Waals surface area contributed by atoms with Crippen LogP contribution < -0.4 is 5.69 Å². The van der Waals surface area contributed by atoms with E-state index in [1.807, 2.05) is 51.1 Å². The van der Waals surface area contributed by atoms with Gasteiger partial charge in [-0.1, -0.05) is 30.3 Å². The summed E-state index contributed by atoms with van der Waals surface area (Å²) in [6.45, 7) is 5.83. The van der Waals surface area contributed by atoms with Gasteiger partial charge in [-0.25, -0.2) is 9.59 Å². The van der Waals surface area contributed by atoms with E-state index in [0.717, 1.165) is 5.56 Å². The summed E-state index contributed by atoms with van der Waals surface area (Å²) in [6.07, 6.45) is 1.56. The lowest BCUT2D eigenvalue weighted by Crippen LogP contribution is -2.35. The summed E-state index contributed by atoms with van der Waals surface area (Å²) in [5, 5.41) is 0. The molecule has 0 saturated heterocycles. The Labute approximate surface area is 123 Å². The average Bonchev–Trinajstić information content (AvgIpc) is 2.44. The van der Waals surface area contributed by atoms with Crippen LogP contribution in [0, 0.1) is 0 Å².